The summed E-state index contributed by atoms with van der Waals surface area (Å²) in [5.74, 6) is -0.0279. The van der Waals surface area contributed by atoms with Gasteiger partial charge in [-0.1, -0.05) is 42.5 Å². The van der Waals surface area contributed by atoms with Gasteiger partial charge in [-0.3, -0.25) is 4.79 Å². The van der Waals surface area contributed by atoms with Gasteiger partial charge in [0.1, 0.15) is 0 Å². The maximum absolute atomic E-state index is 12.4. The molecule has 1 aromatic carbocycles. The third-order valence-electron chi connectivity index (χ3n) is 3.04. The average molecular weight is 301 g/mol. The van der Waals surface area contributed by atoms with E-state index >= 15 is 0 Å². The number of thiophene rings is 1. The van der Waals surface area contributed by atoms with Gasteiger partial charge in [0.25, 0.3) is 5.91 Å². The molecule has 4 heteroatoms. The molecule has 3 nitrogen and oxygen atoms in total. The van der Waals surface area contributed by atoms with Gasteiger partial charge in [0.2, 0.25) is 0 Å². The number of benzene rings is 1. The lowest BCUT2D eigenvalue weighted by atomic mass is 10.2. The molecule has 0 aliphatic rings. The number of aliphatic hydroxyl groups is 1. The minimum Gasteiger partial charge on any atom is -0.395 e. The highest BCUT2D eigenvalue weighted by Crippen LogP contribution is 2.17. The smallest absolute Gasteiger partial charge is 0.264 e. The zero-order valence-corrected chi connectivity index (χ0v) is 12.8. The van der Waals surface area contributed by atoms with Crippen LogP contribution < -0.4 is 0 Å². The predicted molar refractivity (Wildman–Crippen MR) is 87.5 cm³/mol. The van der Waals surface area contributed by atoms with Gasteiger partial charge in [0.05, 0.1) is 11.5 Å². The van der Waals surface area contributed by atoms with E-state index in [0.29, 0.717) is 18.0 Å². The van der Waals surface area contributed by atoms with Crippen molar-refractivity contribution >= 4 is 23.3 Å². The molecule has 110 valence electrons. The summed E-state index contributed by atoms with van der Waals surface area (Å²) in [7, 11) is 0. The van der Waals surface area contributed by atoms with Crippen LogP contribution in [-0.4, -0.2) is 35.6 Å². The Morgan fingerprint density at radius 2 is 2.00 bits per heavy atom. The van der Waals surface area contributed by atoms with Crippen molar-refractivity contribution in [3.63, 3.8) is 0 Å². The van der Waals surface area contributed by atoms with E-state index in [1.54, 1.807) is 4.90 Å². The molecule has 0 radical (unpaired) electrons. The molecule has 0 atom stereocenters. The number of aryl methyl sites for hydroxylation is 1. The van der Waals surface area contributed by atoms with Gasteiger partial charge in [-0.15, -0.1) is 11.3 Å². The summed E-state index contributed by atoms with van der Waals surface area (Å²) in [4.78, 5) is 15.9. The largest absolute Gasteiger partial charge is 0.395 e. The molecule has 0 saturated carbocycles. The molecule has 21 heavy (non-hydrogen) atoms. The fraction of sp³-hybridized carbons (Fsp3) is 0.235. The summed E-state index contributed by atoms with van der Waals surface area (Å²) < 4.78 is 0. The van der Waals surface area contributed by atoms with Crippen LogP contribution >= 0.6 is 11.3 Å². The first-order valence-corrected chi connectivity index (χ1v) is 7.70. The topological polar surface area (TPSA) is 40.5 Å². The monoisotopic (exact) mass is 301 g/mol. The number of hydrogen-bond donors (Lipinski definition) is 1. The number of hydrogen-bond acceptors (Lipinski definition) is 3. The van der Waals surface area contributed by atoms with E-state index in [0.717, 1.165) is 10.4 Å². The Hall–Kier alpha value is -1.91. The van der Waals surface area contributed by atoms with Gasteiger partial charge < -0.3 is 10.0 Å². The lowest BCUT2D eigenvalue weighted by Gasteiger charge is -2.19. The molecule has 0 aliphatic heterocycles. The molecule has 0 saturated heterocycles. The van der Waals surface area contributed by atoms with Crippen LogP contribution in [0.4, 0.5) is 0 Å². The van der Waals surface area contributed by atoms with Crippen molar-refractivity contribution < 1.29 is 9.90 Å². The average Bonchev–Trinajstić information content (AvgIpc) is 2.93. The summed E-state index contributed by atoms with van der Waals surface area (Å²) >= 11 is 1.48. The van der Waals surface area contributed by atoms with E-state index in [1.165, 1.54) is 11.3 Å². The molecule has 1 heterocycles. The van der Waals surface area contributed by atoms with Gasteiger partial charge in [-0.2, -0.15) is 0 Å². The van der Waals surface area contributed by atoms with E-state index in [1.807, 2.05) is 61.5 Å². The second-order valence-electron chi connectivity index (χ2n) is 4.70. The van der Waals surface area contributed by atoms with Crippen molar-refractivity contribution in [2.75, 3.05) is 19.7 Å². The SMILES string of the molecule is Cc1ccc(C(=O)N(C/C=C/c2ccccc2)CCO)s1. The number of nitrogens with zero attached hydrogens (tertiary/aromatic N) is 1. The summed E-state index contributed by atoms with van der Waals surface area (Å²) in [6.07, 6.45) is 3.93. The second-order valence-corrected chi connectivity index (χ2v) is 5.99. The van der Waals surface area contributed by atoms with Crippen molar-refractivity contribution in [1.82, 2.24) is 4.90 Å². The lowest BCUT2D eigenvalue weighted by Crippen LogP contribution is -2.33. The van der Waals surface area contributed by atoms with E-state index in [9.17, 15) is 4.79 Å². The molecular weight excluding hydrogens is 282 g/mol. The zero-order chi connectivity index (χ0) is 15.1. The number of carbonyl (C=O) groups is 1. The number of aliphatic hydroxyl groups excluding tert-OH is 1. The summed E-state index contributed by atoms with van der Waals surface area (Å²) in [5, 5.41) is 9.14. The third-order valence-corrected chi connectivity index (χ3v) is 4.03. The highest BCUT2D eigenvalue weighted by atomic mass is 32.1. The van der Waals surface area contributed by atoms with E-state index in [-0.39, 0.29) is 12.5 Å². The molecule has 0 fully saturated rings. The van der Waals surface area contributed by atoms with Gasteiger partial charge >= 0.3 is 0 Å². The van der Waals surface area contributed by atoms with Crippen molar-refractivity contribution in [3.05, 3.63) is 63.9 Å². The minimum atomic E-state index is -0.0325. The summed E-state index contributed by atoms with van der Waals surface area (Å²) in [6, 6.07) is 13.7. The molecule has 0 spiro atoms. The van der Waals surface area contributed by atoms with Crippen LogP contribution in [0.3, 0.4) is 0 Å². The van der Waals surface area contributed by atoms with Gasteiger partial charge in [-0.05, 0) is 24.6 Å². The van der Waals surface area contributed by atoms with Gasteiger partial charge in [-0.25, -0.2) is 0 Å². The molecule has 2 rings (SSSR count). The van der Waals surface area contributed by atoms with Crippen LogP contribution in [-0.2, 0) is 0 Å². The maximum Gasteiger partial charge on any atom is 0.264 e. The highest BCUT2D eigenvalue weighted by molar-refractivity contribution is 7.13. The molecule has 2 aromatic rings. The fourth-order valence-corrected chi connectivity index (χ4v) is 2.82. The first-order chi connectivity index (χ1) is 10.2. The van der Waals surface area contributed by atoms with Crippen LogP contribution in [0.5, 0.6) is 0 Å². The minimum absolute atomic E-state index is 0.0279. The third kappa shape index (κ3) is 4.55. The zero-order valence-electron chi connectivity index (χ0n) is 12.0. The van der Waals surface area contributed by atoms with Crippen LogP contribution in [0.2, 0.25) is 0 Å². The van der Waals surface area contributed by atoms with E-state index in [4.69, 9.17) is 5.11 Å². The van der Waals surface area contributed by atoms with E-state index < -0.39 is 0 Å². The molecule has 0 aliphatic carbocycles. The number of rotatable bonds is 6. The molecule has 1 N–H and O–H groups in total. The normalized spacial score (nSPS) is 11.0. The Balaban J connectivity index is 2.02. The molecular formula is C17H19NO2S. The Labute approximate surface area is 129 Å². The summed E-state index contributed by atoms with van der Waals surface area (Å²) in [5.41, 5.74) is 1.10. The predicted octanol–water partition coefficient (Wildman–Crippen LogP) is 3.20. The van der Waals surface area contributed by atoms with Crippen LogP contribution in [0.15, 0.2) is 48.5 Å². The lowest BCUT2D eigenvalue weighted by molar-refractivity contribution is 0.0748. The fourth-order valence-electron chi connectivity index (χ4n) is 1.98. The first-order valence-electron chi connectivity index (χ1n) is 6.89. The Morgan fingerprint density at radius 1 is 1.24 bits per heavy atom. The van der Waals surface area contributed by atoms with Gasteiger partial charge in [0, 0.05) is 18.0 Å². The van der Waals surface area contributed by atoms with Gasteiger partial charge in [0.15, 0.2) is 0 Å². The van der Waals surface area contributed by atoms with Crippen LogP contribution in [0.25, 0.3) is 6.08 Å². The Morgan fingerprint density at radius 3 is 2.62 bits per heavy atom. The first kappa shape index (κ1) is 15.5. The summed E-state index contributed by atoms with van der Waals surface area (Å²) in [6.45, 7) is 2.78. The molecule has 1 amide bonds. The van der Waals surface area contributed by atoms with Crippen LogP contribution in [0.1, 0.15) is 20.1 Å². The maximum atomic E-state index is 12.4. The van der Waals surface area contributed by atoms with Crippen molar-refractivity contribution in [1.29, 1.82) is 0 Å². The van der Waals surface area contributed by atoms with Crippen molar-refractivity contribution in [2.24, 2.45) is 0 Å². The highest BCUT2D eigenvalue weighted by Gasteiger charge is 2.15. The van der Waals surface area contributed by atoms with Crippen molar-refractivity contribution in [3.8, 4) is 0 Å². The molecule has 1 aromatic heterocycles. The van der Waals surface area contributed by atoms with Crippen LogP contribution in [0, 0.1) is 6.92 Å². The standard InChI is InChI=1S/C17H19NO2S/c1-14-9-10-16(21-14)17(20)18(12-13-19)11-5-8-15-6-3-2-4-7-15/h2-10,19H,11-13H2,1H3/b8-5+. The van der Waals surface area contributed by atoms with Crippen molar-refractivity contribution in [2.45, 2.75) is 6.92 Å². The number of carbonyl (C=O) groups excluding carboxylic acids is 1. The quantitative estimate of drug-likeness (QED) is 0.890. The Bertz CT molecular complexity index is 604. The molecule has 0 unspecified atom stereocenters. The number of amides is 1. The second kappa shape index (κ2) is 7.76. The Kier molecular flexibility index (Phi) is 5.72. The molecule has 0 bridgehead atoms. The van der Waals surface area contributed by atoms with E-state index in [2.05, 4.69) is 0 Å².